The smallest absolute Gasteiger partial charge is 0.341 e. The van der Waals surface area contributed by atoms with Crippen LogP contribution >= 0.6 is 22.7 Å². The zero-order chi connectivity index (χ0) is 26.5. The number of esters is 1. The van der Waals surface area contributed by atoms with Gasteiger partial charge in [0.1, 0.15) is 11.5 Å². The summed E-state index contributed by atoms with van der Waals surface area (Å²) in [5.41, 5.74) is 2.43. The lowest BCUT2D eigenvalue weighted by molar-refractivity contribution is -0.117. The molecular weight excluding hydrogens is 508 g/mol. The van der Waals surface area contributed by atoms with Crippen molar-refractivity contribution in [2.75, 3.05) is 11.9 Å². The summed E-state index contributed by atoms with van der Waals surface area (Å²) in [4.78, 5) is 42.2. The van der Waals surface area contributed by atoms with Crippen molar-refractivity contribution in [2.45, 2.75) is 79.7 Å². The number of nitrogens with zero attached hydrogens (tertiary/aromatic N) is 3. The van der Waals surface area contributed by atoms with E-state index < -0.39 is 11.9 Å². The fraction of sp³-hybridized carbons (Fsp3) is 0.593. The van der Waals surface area contributed by atoms with Crippen molar-refractivity contribution < 1.29 is 14.3 Å². The normalized spacial score (nSPS) is 19.4. The van der Waals surface area contributed by atoms with E-state index in [4.69, 9.17) is 4.74 Å². The maximum atomic E-state index is 13.4. The van der Waals surface area contributed by atoms with Gasteiger partial charge >= 0.3 is 5.97 Å². The number of hydrogen-bond acceptors (Lipinski definition) is 8. The first kappa shape index (κ1) is 26.0. The summed E-state index contributed by atoms with van der Waals surface area (Å²) >= 11 is 2.98. The summed E-state index contributed by atoms with van der Waals surface area (Å²) in [5.74, 6) is 0.259. The Kier molecular flexibility index (Phi) is 7.00. The van der Waals surface area contributed by atoms with E-state index in [0.717, 1.165) is 59.2 Å². The van der Waals surface area contributed by atoms with Gasteiger partial charge in [0.05, 0.1) is 17.6 Å². The van der Waals surface area contributed by atoms with Gasteiger partial charge in [-0.05, 0) is 73.8 Å². The molecule has 0 aromatic carbocycles. The highest BCUT2D eigenvalue weighted by atomic mass is 32.1. The number of amides is 1. The average molecular weight is 543 g/mol. The zero-order valence-electron chi connectivity index (χ0n) is 22.1. The molecule has 1 amide bonds. The Hall–Kier alpha value is -2.59. The molecule has 0 spiro atoms. The standard InChI is InChI=1S/C27H34N4O4S2/c1-6-35-26(34)22-17-9-7-14(2)11-18(17)36-23(22)28-20(32)13-31-25(33)21-16-10-8-15(27(3,4)5)12-19(16)37-24(21)29-30-31/h14-15H,6-13H2,1-5H3,(H,28,32)/t14-,15+/m0/s1. The van der Waals surface area contributed by atoms with E-state index in [2.05, 4.69) is 43.3 Å². The fourth-order valence-corrected chi connectivity index (χ4v) is 8.18. The van der Waals surface area contributed by atoms with Crippen LogP contribution in [0.3, 0.4) is 0 Å². The second-order valence-electron chi connectivity index (χ2n) is 11.4. The van der Waals surface area contributed by atoms with Crippen molar-refractivity contribution in [1.29, 1.82) is 0 Å². The van der Waals surface area contributed by atoms with Crippen molar-refractivity contribution >= 4 is 49.8 Å². The van der Waals surface area contributed by atoms with E-state index >= 15 is 0 Å². The van der Waals surface area contributed by atoms with E-state index in [1.54, 1.807) is 18.3 Å². The van der Waals surface area contributed by atoms with Gasteiger partial charge in [-0.2, -0.15) is 0 Å². The van der Waals surface area contributed by atoms with Gasteiger partial charge in [0, 0.05) is 9.75 Å². The number of anilines is 1. The molecule has 8 nitrogen and oxygen atoms in total. The molecule has 2 aliphatic rings. The van der Waals surface area contributed by atoms with Gasteiger partial charge in [-0.1, -0.05) is 32.9 Å². The van der Waals surface area contributed by atoms with Gasteiger partial charge in [-0.15, -0.1) is 27.8 Å². The Morgan fingerprint density at radius 3 is 2.57 bits per heavy atom. The van der Waals surface area contributed by atoms with E-state index in [1.807, 2.05) is 0 Å². The maximum absolute atomic E-state index is 13.4. The molecular formula is C27H34N4O4S2. The van der Waals surface area contributed by atoms with Gasteiger partial charge in [0.15, 0.2) is 4.83 Å². The first-order valence-corrected chi connectivity index (χ1v) is 14.7. The van der Waals surface area contributed by atoms with Crippen LogP contribution in [0.15, 0.2) is 4.79 Å². The van der Waals surface area contributed by atoms with E-state index in [0.29, 0.717) is 32.6 Å². The molecule has 0 radical (unpaired) electrons. The topological polar surface area (TPSA) is 103 Å². The van der Waals surface area contributed by atoms with Gasteiger partial charge in [0.2, 0.25) is 5.91 Å². The molecule has 2 atom stereocenters. The SMILES string of the molecule is CCOC(=O)c1c(NC(=O)Cn2nnc3sc4c(c3c2=O)CC[C@@H](C(C)(C)C)C4)sc2c1CC[C@H](C)C2. The number of carbonyl (C=O) groups is 2. The Bertz CT molecular complexity index is 1430. The molecule has 0 aliphatic heterocycles. The quantitative estimate of drug-likeness (QED) is 0.455. The van der Waals surface area contributed by atoms with E-state index in [9.17, 15) is 14.4 Å². The lowest BCUT2D eigenvalue weighted by Crippen LogP contribution is -2.31. The average Bonchev–Trinajstić information content (AvgIpc) is 3.37. The molecule has 0 unspecified atom stereocenters. The van der Waals surface area contributed by atoms with Crippen LogP contribution in [0.25, 0.3) is 10.2 Å². The molecule has 5 rings (SSSR count). The van der Waals surface area contributed by atoms with Crippen LogP contribution in [0.5, 0.6) is 0 Å². The highest BCUT2D eigenvalue weighted by Crippen LogP contribution is 2.42. The largest absolute Gasteiger partial charge is 0.462 e. The minimum atomic E-state index is -0.415. The number of nitrogens with one attached hydrogen (secondary N) is 1. The number of ether oxygens (including phenoxy) is 1. The van der Waals surface area contributed by atoms with E-state index in [1.165, 1.54) is 16.2 Å². The lowest BCUT2D eigenvalue weighted by atomic mass is 9.72. The minimum Gasteiger partial charge on any atom is -0.462 e. The molecule has 3 heterocycles. The van der Waals surface area contributed by atoms with Crippen molar-refractivity contribution in [3.05, 3.63) is 36.8 Å². The molecule has 37 heavy (non-hydrogen) atoms. The molecule has 3 aromatic rings. The molecule has 2 aliphatic carbocycles. The number of hydrogen-bond donors (Lipinski definition) is 1. The number of rotatable bonds is 5. The summed E-state index contributed by atoms with van der Waals surface area (Å²) in [7, 11) is 0. The number of fused-ring (bicyclic) bond motifs is 4. The van der Waals surface area contributed by atoms with E-state index in [-0.39, 0.29) is 24.1 Å². The number of aromatic nitrogens is 3. The number of carbonyl (C=O) groups excluding carboxylic acids is 2. The van der Waals surface area contributed by atoms with Gasteiger partial charge in [-0.25, -0.2) is 9.48 Å². The van der Waals surface area contributed by atoms with Crippen molar-refractivity contribution in [3.63, 3.8) is 0 Å². The molecule has 0 saturated heterocycles. The second-order valence-corrected chi connectivity index (χ2v) is 13.6. The fourth-order valence-electron chi connectivity index (χ4n) is 5.53. The number of aryl methyl sites for hydroxylation is 1. The summed E-state index contributed by atoms with van der Waals surface area (Å²) in [6.07, 6.45) is 5.48. The predicted octanol–water partition coefficient (Wildman–Crippen LogP) is 5.01. The van der Waals surface area contributed by atoms with Crippen LogP contribution in [0.2, 0.25) is 0 Å². The molecule has 0 bridgehead atoms. The highest BCUT2D eigenvalue weighted by Gasteiger charge is 2.32. The molecule has 1 N–H and O–H groups in total. The molecule has 0 fully saturated rings. The Morgan fingerprint density at radius 2 is 1.84 bits per heavy atom. The van der Waals surface area contributed by atoms with Crippen molar-refractivity contribution in [1.82, 2.24) is 15.0 Å². The summed E-state index contributed by atoms with van der Waals surface area (Å²) in [5, 5.41) is 12.4. The molecule has 3 aromatic heterocycles. The van der Waals surface area contributed by atoms with Gasteiger partial charge < -0.3 is 10.1 Å². The van der Waals surface area contributed by atoms with Crippen molar-refractivity contribution in [2.24, 2.45) is 17.3 Å². The molecule has 198 valence electrons. The third-order valence-electron chi connectivity index (χ3n) is 7.70. The van der Waals surface area contributed by atoms with Gasteiger partial charge in [-0.3, -0.25) is 9.59 Å². The first-order chi connectivity index (χ1) is 17.6. The third kappa shape index (κ3) is 4.97. The van der Waals surface area contributed by atoms with Crippen LogP contribution in [0, 0.1) is 17.3 Å². The highest BCUT2D eigenvalue weighted by molar-refractivity contribution is 7.18. The molecule has 10 heteroatoms. The summed E-state index contributed by atoms with van der Waals surface area (Å²) in [6, 6.07) is 0. The first-order valence-electron chi connectivity index (χ1n) is 13.1. The Labute approximate surface area is 224 Å². The molecule has 0 saturated carbocycles. The maximum Gasteiger partial charge on any atom is 0.341 e. The number of thiophene rings is 2. The summed E-state index contributed by atoms with van der Waals surface area (Å²) in [6.45, 7) is 10.7. The predicted molar refractivity (Wildman–Crippen MR) is 147 cm³/mol. The van der Waals surface area contributed by atoms with Gasteiger partial charge in [0.25, 0.3) is 5.56 Å². The third-order valence-corrected chi connectivity index (χ3v) is 10.0. The van der Waals surface area contributed by atoms with Crippen LogP contribution in [0.4, 0.5) is 5.00 Å². The monoisotopic (exact) mass is 542 g/mol. The van der Waals surface area contributed by atoms with Crippen LogP contribution in [-0.4, -0.2) is 33.5 Å². The lowest BCUT2D eigenvalue weighted by Gasteiger charge is -2.33. The van der Waals surface area contributed by atoms with Crippen molar-refractivity contribution in [3.8, 4) is 0 Å². The van der Waals surface area contributed by atoms with Crippen LogP contribution in [-0.2, 0) is 41.8 Å². The zero-order valence-corrected chi connectivity index (χ0v) is 23.7. The van der Waals surface area contributed by atoms with Crippen LogP contribution in [0.1, 0.15) is 78.7 Å². The summed E-state index contributed by atoms with van der Waals surface area (Å²) < 4.78 is 6.44. The Balaban J connectivity index is 1.40. The minimum absolute atomic E-state index is 0.208. The second kappa shape index (κ2) is 9.94. The van der Waals surface area contributed by atoms with Crippen LogP contribution < -0.4 is 10.9 Å². The Morgan fingerprint density at radius 1 is 1.11 bits per heavy atom.